The van der Waals surface area contributed by atoms with Crippen molar-refractivity contribution < 1.29 is 17.9 Å². The number of hydrogen-bond acceptors (Lipinski definition) is 4. The average Bonchev–Trinajstić information content (AvgIpc) is 3.08. The summed E-state index contributed by atoms with van der Waals surface area (Å²) in [5.74, 6) is -0.0472. The lowest BCUT2D eigenvalue weighted by atomic mass is 10.2. The van der Waals surface area contributed by atoms with Crippen molar-refractivity contribution in [2.75, 3.05) is 32.8 Å². The number of ether oxygens (including phenoxy) is 1. The Hall–Kier alpha value is -0.860. The number of sulfonamides is 1. The molecule has 2 aliphatic rings. The maximum Gasteiger partial charge on any atom is 0.251 e. The summed E-state index contributed by atoms with van der Waals surface area (Å²) in [5, 5.41) is 0.478. The summed E-state index contributed by atoms with van der Waals surface area (Å²) in [7, 11) is -3.70. The highest BCUT2D eigenvalue weighted by Gasteiger charge is 2.34. The summed E-state index contributed by atoms with van der Waals surface area (Å²) in [6.45, 7) is 1.78. The van der Waals surface area contributed by atoms with E-state index in [4.69, 9.17) is 27.9 Å². The van der Waals surface area contributed by atoms with Gasteiger partial charge in [0.05, 0.1) is 5.02 Å². The molecule has 0 spiro atoms. The molecule has 2 heterocycles. The average molecular weight is 393 g/mol. The summed E-state index contributed by atoms with van der Waals surface area (Å²) in [6.07, 6.45) is 1.25. The first-order chi connectivity index (χ1) is 11.4. The third-order valence-corrected chi connectivity index (χ3v) is 6.88. The fraction of sp³-hybridized carbons (Fsp3) is 0.533. The molecule has 1 unspecified atom stereocenters. The van der Waals surface area contributed by atoms with E-state index >= 15 is 0 Å². The second-order valence-corrected chi connectivity index (χ2v) is 8.56. The van der Waals surface area contributed by atoms with Gasteiger partial charge >= 0.3 is 0 Å². The Morgan fingerprint density at radius 2 is 1.88 bits per heavy atom. The van der Waals surface area contributed by atoms with Crippen molar-refractivity contribution in [1.82, 2.24) is 9.21 Å². The van der Waals surface area contributed by atoms with Gasteiger partial charge in [-0.3, -0.25) is 4.79 Å². The minimum absolute atomic E-state index is 0.0347. The van der Waals surface area contributed by atoms with Crippen molar-refractivity contribution >= 4 is 39.1 Å². The summed E-state index contributed by atoms with van der Waals surface area (Å²) >= 11 is 11.8. The molecule has 0 aliphatic carbocycles. The lowest BCUT2D eigenvalue weighted by molar-refractivity contribution is -0.142. The molecule has 1 aromatic carbocycles. The van der Waals surface area contributed by atoms with Crippen LogP contribution in [0.2, 0.25) is 10.0 Å². The van der Waals surface area contributed by atoms with Gasteiger partial charge in [0.1, 0.15) is 11.0 Å². The number of halogens is 2. The molecular formula is C15H18Cl2N2O4S. The van der Waals surface area contributed by atoms with Gasteiger partial charge in [-0.2, -0.15) is 4.31 Å². The molecule has 2 saturated heterocycles. The van der Waals surface area contributed by atoms with Gasteiger partial charge in [0.25, 0.3) is 5.91 Å². The molecule has 0 saturated carbocycles. The maximum absolute atomic E-state index is 12.7. The fourth-order valence-corrected chi connectivity index (χ4v) is 5.12. The number of hydrogen-bond donors (Lipinski definition) is 0. The number of carbonyl (C=O) groups is 1. The van der Waals surface area contributed by atoms with E-state index in [1.807, 2.05) is 0 Å². The van der Waals surface area contributed by atoms with Crippen molar-refractivity contribution in [1.29, 1.82) is 0 Å². The Bertz CT molecular complexity index is 727. The summed E-state index contributed by atoms with van der Waals surface area (Å²) in [5.41, 5.74) is 0. The zero-order valence-corrected chi connectivity index (χ0v) is 15.3. The van der Waals surface area contributed by atoms with Crippen LogP contribution in [0.15, 0.2) is 23.1 Å². The van der Waals surface area contributed by atoms with Crippen LogP contribution in [0.5, 0.6) is 0 Å². The minimum atomic E-state index is -3.70. The van der Waals surface area contributed by atoms with Crippen molar-refractivity contribution in [3.8, 4) is 0 Å². The van der Waals surface area contributed by atoms with E-state index in [1.54, 1.807) is 4.90 Å². The second-order valence-electron chi connectivity index (χ2n) is 5.81. The number of benzene rings is 1. The van der Waals surface area contributed by atoms with Crippen LogP contribution < -0.4 is 0 Å². The van der Waals surface area contributed by atoms with E-state index in [9.17, 15) is 13.2 Å². The number of rotatable bonds is 3. The van der Waals surface area contributed by atoms with E-state index in [-0.39, 0.29) is 35.0 Å². The van der Waals surface area contributed by atoms with Crippen LogP contribution in [0, 0.1) is 0 Å². The predicted octanol–water partition coefficient (Wildman–Crippen LogP) is 2.01. The summed E-state index contributed by atoms with van der Waals surface area (Å²) in [6, 6.07) is 4.31. The zero-order chi connectivity index (χ0) is 17.3. The molecule has 2 aliphatic heterocycles. The van der Waals surface area contributed by atoms with Gasteiger partial charge < -0.3 is 9.64 Å². The fourth-order valence-electron chi connectivity index (χ4n) is 2.95. The molecule has 0 bridgehead atoms. The Balaban J connectivity index is 1.68. The largest absolute Gasteiger partial charge is 0.368 e. The Labute approximate surface area is 151 Å². The number of nitrogens with zero attached hydrogens (tertiary/aromatic N) is 2. The van der Waals surface area contributed by atoms with Crippen LogP contribution in [0.3, 0.4) is 0 Å². The van der Waals surface area contributed by atoms with Crippen LogP contribution in [0.4, 0.5) is 0 Å². The molecule has 0 aromatic heterocycles. The van der Waals surface area contributed by atoms with Crippen molar-refractivity contribution in [3.63, 3.8) is 0 Å². The van der Waals surface area contributed by atoms with Gasteiger partial charge in [0.15, 0.2) is 0 Å². The highest BCUT2D eigenvalue weighted by atomic mass is 35.5. The van der Waals surface area contributed by atoms with E-state index in [1.165, 1.54) is 22.5 Å². The number of carbonyl (C=O) groups excluding carboxylic acids is 1. The monoisotopic (exact) mass is 392 g/mol. The van der Waals surface area contributed by atoms with Gasteiger partial charge in [0, 0.05) is 37.8 Å². The van der Waals surface area contributed by atoms with E-state index in [0.29, 0.717) is 24.7 Å². The highest BCUT2D eigenvalue weighted by Crippen LogP contribution is 2.28. The minimum Gasteiger partial charge on any atom is -0.368 e. The van der Waals surface area contributed by atoms with E-state index in [0.717, 1.165) is 12.8 Å². The zero-order valence-electron chi connectivity index (χ0n) is 13.0. The standard InChI is InChI=1S/C15H18Cl2N2O4S/c16-11-3-4-14(12(17)10-11)24(21,22)19-7-5-18(6-8-19)15(20)13-2-1-9-23-13/h3-4,10,13H,1-2,5-9H2. The van der Waals surface area contributed by atoms with Gasteiger partial charge in [0.2, 0.25) is 10.0 Å². The van der Waals surface area contributed by atoms with Gasteiger partial charge in [-0.25, -0.2) is 8.42 Å². The number of amides is 1. The SMILES string of the molecule is O=C(C1CCCO1)N1CCN(S(=O)(=O)c2ccc(Cl)cc2Cl)CC1. The topological polar surface area (TPSA) is 66.9 Å². The third-order valence-electron chi connectivity index (χ3n) is 4.27. The molecule has 1 atom stereocenters. The molecule has 1 aromatic rings. The third kappa shape index (κ3) is 3.55. The maximum atomic E-state index is 12.7. The quantitative estimate of drug-likeness (QED) is 0.788. The van der Waals surface area contributed by atoms with E-state index in [2.05, 4.69) is 0 Å². The first-order valence-corrected chi connectivity index (χ1v) is 9.95. The first-order valence-electron chi connectivity index (χ1n) is 7.75. The Morgan fingerprint density at radius 1 is 1.17 bits per heavy atom. The molecular weight excluding hydrogens is 375 g/mol. The van der Waals surface area contributed by atoms with Crippen LogP contribution in [-0.2, 0) is 19.6 Å². The lowest BCUT2D eigenvalue weighted by Gasteiger charge is -2.35. The molecule has 3 rings (SSSR count). The molecule has 24 heavy (non-hydrogen) atoms. The van der Waals surface area contributed by atoms with E-state index < -0.39 is 10.0 Å². The second kappa shape index (κ2) is 7.17. The van der Waals surface area contributed by atoms with Gasteiger partial charge in [-0.15, -0.1) is 0 Å². The number of piperazine rings is 1. The molecule has 2 fully saturated rings. The highest BCUT2D eigenvalue weighted by molar-refractivity contribution is 7.89. The normalized spacial score (nSPS) is 22.8. The van der Waals surface area contributed by atoms with Crippen LogP contribution >= 0.6 is 23.2 Å². The smallest absolute Gasteiger partial charge is 0.251 e. The molecule has 1 amide bonds. The van der Waals surface area contributed by atoms with Crippen LogP contribution in [-0.4, -0.2) is 62.4 Å². The van der Waals surface area contributed by atoms with Crippen molar-refractivity contribution in [3.05, 3.63) is 28.2 Å². The predicted molar refractivity (Wildman–Crippen MR) is 90.8 cm³/mol. The molecule has 9 heteroatoms. The lowest BCUT2D eigenvalue weighted by Crippen LogP contribution is -2.52. The Morgan fingerprint density at radius 3 is 2.46 bits per heavy atom. The first kappa shape index (κ1) is 17.9. The van der Waals surface area contributed by atoms with Crippen molar-refractivity contribution in [2.45, 2.75) is 23.8 Å². The van der Waals surface area contributed by atoms with Gasteiger partial charge in [-0.05, 0) is 31.0 Å². The summed E-state index contributed by atoms with van der Waals surface area (Å²) < 4.78 is 32.2. The molecule has 6 nitrogen and oxygen atoms in total. The van der Waals surface area contributed by atoms with Crippen LogP contribution in [0.25, 0.3) is 0 Å². The molecule has 0 N–H and O–H groups in total. The summed E-state index contributed by atoms with van der Waals surface area (Å²) in [4.78, 5) is 14.0. The Kier molecular flexibility index (Phi) is 5.36. The van der Waals surface area contributed by atoms with Crippen LogP contribution in [0.1, 0.15) is 12.8 Å². The molecule has 0 radical (unpaired) electrons. The van der Waals surface area contributed by atoms with Gasteiger partial charge in [-0.1, -0.05) is 23.2 Å². The van der Waals surface area contributed by atoms with Crippen molar-refractivity contribution in [2.24, 2.45) is 0 Å². The molecule has 132 valence electrons.